The first-order valence-corrected chi connectivity index (χ1v) is 6.78. The summed E-state index contributed by atoms with van der Waals surface area (Å²) in [6.45, 7) is 12.9. The monoisotopic (exact) mass is 256 g/mol. The van der Waals surface area contributed by atoms with E-state index in [1.165, 1.54) is 0 Å². The van der Waals surface area contributed by atoms with Gasteiger partial charge in [-0.15, -0.1) is 0 Å². The molecule has 0 heterocycles. The molecular formula is C14H28N2O2. The molecule has 1 rings (SSSR count). The van der Waals surface area contributed by atoms with E-state index in [0.717, 1.165) is 13.0 Å². The molecule has 1 saturated carbocycles. The summed E-state index contributed by atoms with van der Waals surface area (Å²) in [6.07, 6.45) is 1.11. The number of hydrogen-bond donors (Lipinski definition) is 2. The normalized spacial score (nSPS) is 28.4. The van der Waals surface area contributed by atoms with Gasteiger partial charge in [-0.05, 0) is 18.8 Å². The molecule has 0 saturated heterocycles. The fourth-order valence-electron chi connectivity index (χ4n) is 2.27. The molecule has 2 unspecified atom stereocenters. The molecule has 1 fully saturated rings. The topological polar surface area (TPSA) is 64.3 Å². The van der Waals surface area contributed by atoms with Crippen molar-refractivity contribution in [2.24, 2.45) is 16.6 Å². The molecule has 0 bridgehead atoms. The van der Waals surface area contributed by atoms with Crippen molar-refractivity contribution in [3.63, 3.8) is 0 Å². The number of nitrogens with two attached hydrogens (primary N) is 1. The zero-order chi connectivity index (χ0) is 14.1. The van der Waals surface area contributed by atoms with Gasteiger partial charge in [0.05, 0.1) is 12.1 Å². The van der Waals surface area contributed by atoms with Crippen LogP contribution in [0, 0.1) is 10.8 Å². The molecule has 3 N–H and O–H groups in total. The van der Waals surface area contributed by atoms with Crippen LogP contribution in [0.1, 0.15) is 48.0 Å². The smallest absolute Gasteiger partial charge is 0.237 e. The Kier molecular flexibility index (Phi) is 4.44. The van der Waals surface area contributed by atoms with Crippen LogP contribution in [0.25, 0.3) is 0 Å². The van der Waals surface area contributed by atoms with Crippen LogP contribution in [0.3, 0.4) is 0 Å². The third kappa shape index (κ3) is 3.04. The molecule has 0 aliphatic heterocycles. The van der Waals surface area contributed by atoms with E-state index in [2.05, 4.69) is 19.2 Å². The molecule has 3 atom stereocenters. The second-order valence-corrected chi connectivity index (χ2v) is 6.91. The van der Waals surface area contributed by atoms with Gasteiger partial charge < -0.3 is 15.8 Å². The van der Waals surface area contributed by atoms with E-state index in [4.69, 9.17) is 10.5 Å². The number of ether oxygens (including phenoxy) is 1. The van der Waals surface area contributed by atoms with Crippen LogP contribution in [0.15, 0.2) is 0 Å². The number of carbonyl (C=O) groups excluding carboxylic acids is 1. The Morgan fingerprint density at radius 2 is 2.06 bits per heavy atom. The number of hydrogen-bond acceptors (Lipinski definition) is 3. The molecule has 4 nitrogen and oxygen atoms in total. The minimum Gasteiger partial charge on any atom is -0.378 e. The number of carbonyl (C=O) groups is 1. The first-order chi connectivity index (χ1) is 8.10. The SMILES string of the molecule is CCOC1CC(NC(=O)[C@@H](N)C(C)(C)C)C1(C)C. The van der Waals surface area contributed by atoms with Gasteiger partial charge in [0.25, 0.3) is 0 Å². The zero-order valence-corrected chi connectivity index (χ0v) is 12.5. The minimum atomic E-state index is -0.473. The lowest BCUT2D eigenvalue weighted by Crippen LogP contribution is -2.64. The highest BCUT2D eigenvalue weighted by molar-refractivity contribution is 5.82. The summed E-state index contributed by atoms with van der Waals surface area (Å²) < 4.78 is 5.65. The third-order valence-corrected chi connectivity index (χ3v) is 4.08. The van der Waals surface area contributed by atoms with Crippen molar-refractivity contribution in [3.05, 3.63) is 0 Å². The molecule has 1 aliphatic rings. The van der Waals surface area contributed by atoms with Gasteiger partial charge in [-0.25, -0.2) is 0 Å². The Labute approximate surface area is 111 Å². The Hall–Kier alpha value is -0.610. The fourth-order valence-corrected chi connectivity index (χ4v) is 2.27. The third-order valence-electron chi connectivity index (χ3n) is 4.08. The summed E-state index contributed by atoms with van der Waals surface area (Å²) in [7, 11) is 0. The van der Waals surface area contributed by atoms with Crippen molar-refractivity contribution in [1.82, 2.24) is 5.32 Å². The molecule has 18 heavy (non-hydrogen) atoms. The average Bonchev–Trinajstić information content (AvgIpc) is 2.25. The number of nitrogens with one attached hydrogen (secondary N) is 1. The molecule has 0 aromatic carbocycles. The molecule has 1 amide bonds. The number of rotatable bonds is 4. The average molecular weight is 256 g/mol. The predicted octanol–water partition coefficient (Wildman–Crippen LogP) is 1.68. The summed E-state index contributed by atoms with van der Waals surface area (Å²) in [5.41, 5.74) is 5.74. The van der Waals surface area contributed by atoms with Gasteiger partial charge in [-0.2, -0.15) is 0 Å². The van der Waals surface area contributed by atoms with Gasteiger partial charge >= 0.3 is 0 Å². The van der Waals surface area contributed by atoms with E-state index in [1.807, 2.05) is 27.7 Å². The standard InChI is InChI=1S/C14H28N2O2/c1-7-18-10-8-9(14(10,5)6)16-12(17)11(15)13(2,3)4/h9-11H,7-8,15H2,1-6H3,(H,16,17)/t9?,10?,11-/m1/s1. The van der Waals surface area contributed by atoms with E-state index >= 15 is 0 Å². The molecule has 4 heteroatoms. The summed E-state index contributed by atoms with van der Waals surface area (Å²) in [4.78, 5) is 12.1. The van der Waals surface area contributed by atoms with Crippen LogP contribution in [0.2, 0.25) is 0 Å². The molecular weight excluding hydrogens is 228 g/mol. The zero-order valence-electron chi connectivity index (χ0n) is 12.5. The molecule has 0 radical (unpaired) electrons. The maximum atomic E-state index is 12.1. The molecule has 0 spiro atoms. The Bertz CT molecular complexity index is 307. The largest absolute Gasteiger partial charge is 0.378 e. The van der Waals surface area contributed by atoms with E-state index in [1.54, 1.807) is 0 Å². The Morgan fingerprint density at radius 3 is 2.44 bits per heavy atom. The van der Waals surface area contributed by atoms with Gasteiger partial charge in [0.15, 0.2) is 0 Å². The summed E-state index contributed by atoms with van der Waals surface area (Å²) in [5, 5.41) is 3.06. The highest BCUT2D eigenvalue weighted by Crippen LogP contribution is 2.42. The van der Waals surface area contributed by atoms with Crippen LogP contribution in [0.4, 0.5) is 0 Å². The quantitative estimate of drug-likeness (QED) is 0.804. The predicted molar refractivity (Wildman–Crippen MR) is 73.2 cm³/mol. The van der Waals surface area contributed by atoms with E-state index < -0.39 is 6.04 Å². The first kappa shape index (κ1) is 15.4. The van der Waals surface area contributed by atoms with Crippen LogP contribution < -0.4 is 11.1 Å². The van der Waals surface area contributed by atoms with Gasteiger partial charge in [0.2, 0.25) is 5.91 Å². The minimum absolute atomic E-state index is 0.0106. The lowest BCUT2D eigenvalue weighted by molar-refractivity contribution is -0.139. The van der Waals surface area contributed by atoms with Gasteiger partial charge in [0, 0.05) is 18.1 Å². The van der Waals surface area contributed by atoms with Crippen molar-refractivity contribution >= 4 is 5.91 Å². The Balaban J connectivity index is 2.53. The fraction of sp³-hybridized carbons (Fsp3) is 0.929. The van der Waals surface area contributed by atoms with Gasteiger partial charge in [0.1, 0.15) is 0 Å². The second kappa shape index (κ2) is 5.17. The summed E-state index contributed by atoms with van der Waals surface area (Å²) in [5.74, 6) is -0.0597. The van der Waals surface area contributed by atoms with Crippen molar-refractivity contribution in [2.45, 2.75) is 66.2 Å². The highest BCUT2D eigenvalue weighted by atomic mass is 16.5. The summed E-state index contributed by atoms with van der Waals surface area (Å²) in [6, 6.07) is -0.311. The second-order valence-electron chi connectivity index (χ2n) is 6.91. The van der Waals surface area contributed by atoms with Crippen LogP contribution in [-0.2, 0) is 9.53 Å². The lowest BCUT2D eigenvalue weighted by Gasteiger charge is -2.52. The molecule has 0 aromatic heterocycles. The van der Waals surface area contributed by atoms with Gasteiger partial charge in [-0.3, -0.25) is 4.79 Å². The number of amides is 1. The Morgan fingerprint density at radius 1 is 1.50 bits per heavy atom. The van der Waals surface area contributed by atoms with Crippen LogP contribution in [-0.4, -0.2) is 30.7 Å². The van der Waals surface area contributed by atoms with Crippen molar-refractivity contribution in [2.75, 3.05) is 6.61 Å². The molecule has 106 valence electrons. The molecule has 1 aliphatic carbocycles. The van der Waals surface area contributed by atoms with E-state index in [9.17, 15) is 4.79 Å². The van der Waals surface area contributed by atoms with E-state index in [-0.39, 0.29) is 28.9 Å². The van der Waals surface area contributed by atoms with Crippen LogP contribution in [0.5, 0.6) is 0 Å². The van der Waals surface area contributed by atoms with Crippen LogP contribution >= 0.6 is 0 Å². The molecule has 0 aromatic rings. The van der Waals surface area contributed by atoms with Gasteiger partial charge in [-0.1, -0.05) is 34.6 Å². The van der Waals surface area contributed by atoms with Crippen molar-refractivity contribution in [1.29, 1.82) is 0 Å². The first-order valence-electron chi connectivity index (χ1n) is 6.78. The summed E-state index contributed by atoms with van der Waals surface area (Å²) >= 11 is 0. The maximum Gasteiger partial charge on any atom is 0.237 e. The lowest BCUT2D eigenvalue weighted by atomic mass is 9.64. The van der Waals surface area contributed by atoms with E-state index in [0.29, 0.717) is 0 Å². The highest BCUT2D eigenvalue weighted by Gasteiger charge is 2.50. The maximum absolute atomic E-state index is 12.1. The van der Waals surface area contributed by atoms with Crippen molar-refractivity contribution < 1.29 is 9.53 Å². The van der Waals surface area contributed by atoms with Crippen molar-refractivity contribution in [3.8, 4) is 0 Å².